The summed E-state index contributed by atoms with van der Waals surface area (Å²) >= 11 is 1.61. The van der Waals surface area contributed by atoms with Gasteiger partial charge in [0, 0.05) is 11.6 Å². The van der Waals surface area contributed by atoms with Crippen LogP contribution in [0.5, 0.6) is 5.75 Å². The maximum Gasteiger partial charge on any atom is 0.215 e. The summed E-state index contributed by atoms with van der Waals surface area (Å²) in [5.41, 5.74) is 7.94. The quantitative estimate of drug-likeness (QED) is 0.585. The first-order valence-electron chi connectivity index (χ1n) is 11.7. The highest BCUT2D eigenvalue weighted by molar-refractivity contribution is 8.14. The lowest BCUT2D eigenvalue weighted by Crippen LogP contribution is -2.33. The Labute approximate surface area is 205 Å². The zero-order valence-electron chi connectivity index (χ0n) is 19.2. The number of rotatable bonds is 7. The molecule has 34 heavy (non-hydrogen) atoms. The number of hydrogen-bond donors (Lipinski definition) is 2. The molecule has 0 radical (unpaired) electrons. The number of ether oxygens (including phenoxy) is 1. The molecule has 5 rings (SSSR count). The molecule has 2 aromatic rings. The summed E-state index contributed by atoms with van der Waals surface area (Å²) < 4.78 is 33.8. The van der Waals surface area contributed by atoms with Crippen LogP contribution in [0.15, 0.2) is 41.5 Å². The van der Waals surface area contributed by atoms with E-state index in [1.165, 1.54) is 5.56 Å². The van der Waals surface area contributed by atoms with Gasteiger partial charge in [-0.3, -0.25) is 5.43 Å². The highest BCUT2D eigenvalue weighted by Crippen LogP contribution is 2.40. The molecule has 1 aliphatic heterocycles. The van der Waals surface area contributed by atoms with Gasteiger partial charge in [-0.05, 0) is 74.8 Å². The Balaban J connectivity index is 1.36. The third-order valence-corrected chi connectivity index (χ3v) is 9.42. The van der Waals surface area contributed by atoms with E-state index >= 15 is 0 Å². The molecule has 2 N–H and O–H groups in total. The number of nitriles is 1. The van der Waals surface area contributed by atoms with E-state index in [0.29, 0.717) is 11.3 Å². The average molecular weight is 497 g/mol. The van der Waals surface area contributed by atoms with Gasteiger partial charge in [0.2, 0.25) is 10.0 Å². The maximum atomic E-state index is 12.6. The van der Waals surface area contributed by atoms with Crippen molar-refractivity contribution >= 4 is 26.8 Å². The van der Waals surface area contributed by atoms with Crippen molar-refractivity contribution in [3.8, 4) is 11.8 Å². The zero-order chi connectivity index (χ0) is 23.9. The summed E-state index contributed by atoms with van der Waals surface area (Å²) in [4.78, 5) is 0. The largest absolute Gasteiger partial charge is 0.490 e. The van der Waals surface area contributed by atoms with E-state index in [1.54, 1.807) is 11.8 Å². The predicted octanol–water partition coefficient (Wildman–Crippen LogP) is 4.50. The van der Waals surface area contributed by atoms with Crippen LogP contribution in [-0.4, -0.2) is 24.8 Å². The van der Waals surface area contributed by atoms with E-state index in [1.807, 2.05) is 44.2 Å². The topological polar surface area (TPSA) is 104 Å². The van der Waals surface area contributed by atoms with E-state index < -0.39 is 10.0 Å². The summed E-state index contributed by atoms with van der Waals surface area (Å²) in [6, 6.07) is 13.8. The number of hydrogen-bond acceptors (Lipinski definition) is 7. The lowest BCUT2D eigenvalue weighted by molar-refractivity contribution is 0.241. The number of thioether (sulfide) groups is 1. The van der Waals surface area contributed by atoms with Gasteiger partial charge in [0.1, 0.15) is 22.2 Å². The SMILES string of the molecule is CC(C)Oc1ccc(C2NN=C(c3cccc4c3CCCC4NS(=O)(=O)C3CC3)S2)cc1C#N. The van der Waals surface area contributed by atoms with Crippen LogP contribution in [0.4, 0.5) is 0 Å². The number of fused-ring (bicyclic) bond motifs is 1. The van der Waals surface area contributed by atoms with Gasteiger partial charge < -0.3 is 4.74 Å². The third-order valence-electron chi connectivity index (χ3n) is 6.31. The Hall–Kier alpha value is -2.54. The van der Waals surface area contributed by atoms with Gasteiger partial charge in [0.25, 0.3) is 0 Å². The van der Waals surface area contributed by atoms with Crippen molar-refractivity contribution in [1.82, 2.24) is 10.1 Å². The van der Waals surface area contributed by atoms with E-state index in [9.17, 15) is 13.7 Å². The Kier molecular flexibility index (Phi) is 6.32. The summed E-state index contributed by atoms with van der Waals surface area (Å²) in [5.74, 6) is 0.585. The minimum Gasteiger partial charge on any atom is -0.490 e. The fourth-order valence-corrected chi connectivity index (χ4v) is 7.17. The van der Waals surface area contributed by atoms with Gasteiger partial charge in [0.15, 0.2) is 0 Å². The van der Waals surface area contributed by atoms with E-state index in [0.717, 1.165) is 53.8 Å². The van der Waals surface area contributed by atoms with Crippen LogP contribution in [0.1, 0.15) is 78.8 Å². The summed E-state index contributed by atoms with van der Waals surface area (Å²) in [6.45, 7) is 3.87. The molecule has 0 saturated heterocycles. The second kappa shape index (κ2) is 9.25. The number of sulfonamides is 1. The fourth-order valence-electron chi connectivity index (χ4n) is 4.55. The molecule has 2 atom stereocenters. The molecule has 0 aromatic heterocycles. The van der Waals surface area contributed by atoms with Crippen LogP contribution in [0.25, 0.3) is 0 Å². The van der Waals surface area contributed by atoms with E-state index in [2.05, 4.69) is 27.4 Å². The van der Waals surface area contributed by atoms with Crippen LogP contribution in [-0.2, 0) is 16.4 Å². The molecule has 0 amide bonds. The van der Waals surface area contributed by atoms with Crippen LogP contribution in [0.3, 0.4) is 0 Å². The zero-order valence-corrected chi connectivity index (χ0v) is 20.9. The Morgan fingerprint density at radius 2 is 2.06 bits per heavy atom. The van der Waals surface area contributed by atoms with Crippen LogP contribution < -0.4 is 14.9 Å². The van der Waals surface area contributed by atoms with Crippen LogP contribution in [0.2, 0.25) is 0 Å². The standard InChI is InChI=1S/C25H28N4O3S2/c1-15(2)32-23-12-9-16(13-17(23)14-26)24-27-28-25(33-24)21-7-3-6-20-19(21)5-4-8-22(20)29-34(30,31)18-10-11-18/h3,6-7,9,12-13,15,18,22,24,27,29H,4-5,8,10-11H2,1-2H3. The number of nitrogens with one attached hydrogen (secondary N) is 2. The number of hydrazone groups is 1. The molecule has 1 heterocycles. The highest BCUT2D eigenvalue weighted by atomic mass is 32.2. The fraction of sp³-hybridized carbons (Fsp3) is 0.440. The second-order valence-electron chi connectivity index (χ2n) is 9.26. The molecule has 7 nitrogen and oxygen atoms in total. The van der Waals surface area contributed by atoms with Crippen molar-refractivity contribution in [2.75, 3.05) is 0 Å². The minimum atomic E-state index is -3.26. The molecule has 3 aliphatic rings. The number of benzene rings is 2. The van der Waals surface area contributed by atoms with Crippen molar-refractivity contribution < 1.29 is 13.2 Å². The van der Waals surface area contributed by atoms with Gasteiger partial charge >= 0.3 is 0 Å². The third kappa shape index (κ3) is 4.67. The molecule has 1 saturated carbocycles. The first kappa shape index (κ1) is 23.2. The van der Waals surface area contributed by atoms with Gasteiger partial charge in [-0.1, -0.05) is 36.0 Å². The van der Waals surface area contributed by atoms with Gasteiger partial charge in [-0.2, -0.15) is 10.4 Å². The molecule has 178 valence electrons. The molecule has 2 unspecified atom stereocenters. The number of nitrogens with zero attached hydrogens (tertiary/aromatic N) is 2. The van der Waals surface area contributed by atoms with Crippen molar-refractivity contribution in [2.24, 2.45) is 5.10 Å². The van der Waals surface area contributed by atoms with E-state index in [4.69, 9.17) is 4.74 Å². The summed E-state index contributed by atoms with van der Waals surface area (Å²) in [7, 11) is -3.26. The highest BCUT2D eigenvalue weighted by Gasteiger charge is 2.38. The van der Waals surface area contributed by atoms with Gasteiger partial charge in [0.05, 0.1) is 16.9 Å². The normalized spacial score (nSPS) is 22.0. The minimum absolute atomic E-state index is 0.00583. The average Bonchev–Trinajstić information content (AvgIpc) is 3.57. The monoisotopic (exact) mass is 496 g/mol. The van der Waals surface area contributed by atoms with Gasteiger partial charge in [-0.25, -0.2) is 13.1 Å². The van der Waals surface area contributed by atoms with Crippen molar-refractivity contribution in [3.05, 3.63) is 64.2 Å². The van der Waals surface area contributed by atoms with Crippen LogP contribution >= 0.6 is 11.8 Å². The molecule has 1 fully saturated rings. The molecule has 2 aromatic carbocycles. The maximum absolute atomic E-state index is 12.6. The lowest BCUT2D eigenvalue weighted by Gasteiger charge is -2.28. The second-order valence-corrected chi connectivity index (χ2v) is 12.3. The van der Waals surface area contributed by atoms with Crippen molar-refractivity contribution in [2.45, 2.75) is 68.7 Å². The predicted molar refractivity (Wildman–Crippen MR) is 134 cm³/mol. The molecular weight excluding hydrogens is 468 g/mol. The molecule has 0 bridgehead atoms. The molecular formula is C25H28N4O3S2. The van der Waals surface area contributed by atoms with Gasteiger partial charge in [-0.15, -0.1) is 0 Å². The smallest absolute Gasteiger partial charge is 0.215 e. The summed E-state index contributed by atoms with van der Waals surface area (Å²) in [6.07, 6.45) is 4.15. The van der Waals surface area contributed by atoms with Crippen molar-refractivity contribution in [1.29, 1.82) is 5.26 Å². The van der Waals surface area contributed by atoms with Crippen molar-refractivity contribution in [3.63, 3.8) is 0 Å². The Morgan fingerprint density at radius 1 is 1.24 bits per heavy atom. The van der Waals surface area contributed by atoms with Crippen LogP contribution in [0, 0.1) is 11.3 Å². The first-order chi connectivity index (χ1) is 16.4. The Morgan fingerprint density at radius 3 is 2.79 bits per heavy atom. The molecule has 0 spiro atoms. The molecule has 9 heteroatoms. The van der Waals surface area contributed by atoms with E-state index in [-0.39, 0.29) is 22.8 Å². The first-order valence-corrected chi connectivity index (χ1v) is 14.1. The molecule has 2 aliphatic carbocycles. The lowest BCUT2D eigenvalue weighted by atomic mass is 9.85. The Bertz CT molecular complexity index is 1280. The summed E-state index contributed by atoms with van der Waals surface area (Å²) in [5, 5.41) is 14.7.